The van der Waals surface area contributed by atoms with E-state index in [1.165, 1.54) is 5.69 Å². The number of nitrogens with zero attached hydrogens (tertiary/aromatic N) is 2. The van der Waals surface area contributed by atoms with Gasteiger partial charge in [-0.2, -0.15) is 0 Å². The molecule has 0 bridgehead atoms. The third-order valence-electron chi connectivity index (χ3n) is 2.16. The van der Waals surface area contributed by atoms with Crippen molar-refractivity contribution in [3.63, 3.8) is 0 Å². The van der Waals surface area contributed by atoms with E-state index < -0.39 is 0 Å². The molecule has 0 saturated heterocycles. The van der Waals surface area contributed by atoms with Crippen LogP contribution in [0.3, 0.4) is 0 Å². The Balaban J connectivity index is 2.13. The lowest BCUT2D eigenvalue weighted by atomic mass is 10.3. The summed E-state index contributed by atoms with van der Waals surface area (Å²) in [6, 6.07) is 4.15. The summed E-state index contributed by atoms with van der Waals surface area (Å²) in [5.74, 6) is 0.902. The molecule has 3 nitrogen and oxygen atoms in total. The first kappa shape index (κ1) is 5.94. The first-order chi connectivity index (χ1) is 5.93. The lowest BCUT2D eigenvalue weighted by Crippen LogP contribution is -2.19. The molecule has 1 aromatic heterocycles. The number of fused-ring (bicyclic) bond motifs is 2. The molecular weight excluding hydrogens is 152 g/mol. The molecule has 0 fully saturated rings. The number of ether oxygens (including phenoxy) is 1. The summed E-state index contributed by atoms with van der Waals surface area (Å²) in [7, 11) is 0. The Morgan fingerprint density at radius 1 is 1.42 bits per heavy atom. The maximum absolute atomic E-state index is 5.27. The molecule has 0 N–H and O–H groups in total. The minimum Gasteiger partial charge on any atom is -0.445 e. The summed E-state index contributed by atoms with van der Waals surface area (Å²) in [4.78, 5) is 2.08. The van der Waals surface area contributed by atoms with Gasteiger partial charge >= 0.3 is 0 Å². The Labute approximate surface area is 70.2 Å². The van der Waals surface area contributed by atoms with Crippen molar-refractivity contribution in [1.29, 1.82) is 0 Å². The van der Waals surface area contributed by atoms with Crippen LogP contribution in [0.5, 0.6) is 0 Å². The van der Waals surface area contributed by atoms with Gasteiger partial charge in [-0.3, -0.25) is 0 Å². The van der Waals surface area contributed by atoms with Crippen LogP contribution in [0, 0.1) is 0 Å². The van der Waals surface area contributed by atoms with Gasteiger partial charge in [0.2, 0.25) is 5.88 Å². The molecule has 0 saturated carbocycles. The van der Waals surface area contributed by atoms with E-state index in [9.17, 15) is 0 Å². The lowest BCUT2D eigenvalue weighted by Gasteiger charge is -2.21. The molecule has 3 rings (SSSR count). The molecule has 2 aliphatic rings. The summed E-state index contributed by atoms with van der Waals surface area (Å²) in [6.45, 7) is 0.898. The van der Waals surface area contributed by atoms with Crippen LogP contribution in [0.25, 0.3) is 6.20 Å². The fourth-order valence-electron chi connectivity index (χ4n) is 1.53. The van der Waals surface area contributed by atoms with Gasteiger partial charge in [0.25, 0.3) is 0 Å². The van der Waals surface area contributed by atoms with Gasteiger partial charge in [0.1, 0.15) is 6.26 Å². The normalized spacial score (nSPS) is 18.3. The molecule has 0 atom stereocenters. The number of aromatic nitrogens is 1. The summed E-state index contributed by atoms with van der Waals surface area (Å²) in [6.07, 6.45) is 7.67. The second kappa shape index (κ2) is 1.94. The molecule has 0 amide bonds. The van der Waals surface area contributed by atoms with E-state index in [1.54, 1.807) is 6.26 Å². The van der Waals surface area contributed by atoms with Crippen molar-refractivity contribution in [2.24, 2.45) is 0 Å². The van der Waals surface area contributed by atoms with Crippen LogP contribution in [0.1, 0.15) is 5.69 Å². The highest BCUT2D eigenvalue weighted by molar-refractivity contribution is 5.37. The van der Waals surface area contributed by atoms with Crippen LogP contribution in [-0.4, -0.2) is 9.47 Å². The minimum absolute atomic E-state index is 0.898. The lowest BCUT2D eigenvalue weighted by molar-refractivity contribution is 0.262. The average molecular weight is 160 g/mol. The predicted octanol–water partition coefficient (Wildman–Crippen LogP) is 1.56. The SMILES string of the molecule is C1=CN2Cc3cccn3C=C2O1. The molecule has 0 spiro atoms. The molecular formula is C9H8N2O. The van der Waals surface area contributed by atoms with Gasteiger partial charge in [-0.05, 0) is 12.1 Å². The molecule has 2 aliphatic heterocycles. The zero-order chi connectivity index (χ0) is 7.97. The average Bonchev–Trinajstić information content (AvgIpc) is 2.64. The van der Waals surface area contributed by atoms with Crippen molar-refractivity contribution in [1.82, 2.24) is 9.47 Å². The van der Waals surface area contributed by atoms with Gasteiger partial charge in [-0.25, -0.2) is 0 Å². The van der Waals surface area contributed by atoms with E-state index in [0.717, 1.165) is 12.4 Å². The fraction of sp³-hybridized carbons (Fsp3) is 0.111. The number of hydrogen-bond acceptors (Lipinski definition) is 2. The van der Waals surface area contributed by atoms with Crippen molar-refractivity contribution >= 4 is 6.20 Å². The van der Waals surface area contributed by atoms with E-state index in [2.05, 4.69) is 15.5 Å². The van der Waals surface area contributed by atoms with Gasteiger partial charge in [0, 0.05) is 18.1 Å². The number of hydrogen-bond donors (Lipinski definition) is 0. The van der Waals surface area contributed by atoms with Gasteiger partial charge < -0.3 is 14.2 Å². The summed E-state index contributed by atoms with van der Waals surface area (Å²) < 4.78 is 7.35. The maximum Gasteiger partial charge on any atom is 0.216 e. The zero-order valence-electron chi connectivity index (χ0n) is 6.47. The molecule has 12 heavy (non-hydrogen) atoms. The topological polar surface area (TPSA) is 17.4 Å². The van der Waals surface area contributed by atoms with E-state index in [0.29, 0.717) is 0 Å². The van der Waals surface area contributed by atoms with Crippen molar-refractivity contribution in [3.8, 4) is 0 Å². The predicted molar refractivity (Wildman–Crippen MR) is 44.5 cm³/mol. The molecule has 0 radical (unpaired) electrons. The van der Waals surface area contributed by atoms with Crippen molar-refractivity contribution in [2.75, 3.05) is 0 Å². The molecule has 0 aromatic carbocycles. The molecule has 1 aromatic rings. The first-order valence-electron chi connectivity index (χ1n) is 3.91. The molecule has 3 heterocycles. The second-order valence-electron chi connectivity index (χ2n) is 2.91. The van der Waals surface area contributed by atoms with Crippen LogP contribution in [-0.2, 0) is 11.3 Å². The van der Waals surface area contributed by atoms with E-state index in [4.69, 9.17) is 4.74 Å². The third kappa shape index (κ3) is 0.652. The van der Waals surface area contributed by atoms with Gasteiger partial charge in [0.15, 0.2) is 0 Å². The Kier molecular flexibility index (Phi) is 0.961. The minimum atomic E-state index is 0.898. The van der Waals surface area contributed by atoms with Crippen molar-refractivity contribution in [3.05, 3.63) is 42.4 Å². The van der Waals surface area contributed by atoms with Crippen LogP contribution in [0.2, 0.25) is 0 Å². The molecule has 60 valence electrons. The maximum atomic E-state index is 5.27. The van der Waals surface area contributed by atoms with E-state index in [-0.39, 0.29) is 0 Å². The Bertz CT molecular complexity index is 376. The number of rotatable bonds is 0. The summed E-state index contributed by atoms with van der Waals surface area (Å²) >= 11 is 0. The Hall–Kier alpha value is -1.64. The largest absolute Gasteiger partial charge is 0.445 e. The molecule has 0 aliphatic carbocycles. The quantitative estimate of drug-likeness (QED) is 0.573. The monoisotopic (exact) mass is 160 g/mol. The Morgan fingerprint density at radius 3 is 3.42 bits per heavy atom. The van der Waals surface area contributed by atoms with Gasteiger partial charge in [0.05, 0.1) is 12.7 Å². The smallest absolute Gasteiger partial charge is 0.216 e. The zero-order valence-corrected chi connectivity index (χ0v) is 6.47. The highest BCUT2D eigenvalue weighted by Crippen LogP contribution is 2.24. The van der Waals surface area contributed by atoms with Crippen molar-refractivity contribution in [2.45, 2.75) is 6.54 Å². The van der Waals surface area contributed by atoms with Crippen LogP contribution in [0.15, 0.2) is 36.7 Å². The van der Waals surface area contributed by atoms with Gasteiger partial charge in [-0.1, -0.05) is 0 Å². The van der Waals surface area contributed by atoms with Crippen LogP contribution in [0.4, 0.5) is 0 Å². The highest BCUT2D eigenvalue weighted by atomic mass is 16.5. The van der Waals surface area contributed by atoms with E-state index in [1.807, 2.05) is 24.7 Å². The van der Waals surface area contributed by atoms with Crippen molar-refractivity contribution < 1.29 is 4.74 Å². The summed E-state index contributed by atoms with van der Waals surface area (Å²) in [5.41, 5.74) is 1.29. The Morgan fingerprint density at radius 2 is 2.42 bits per heavy atom. The highest BCUT2D eigenvalue weighted by Gasteiger charge is 2.19. The molecule has 0 unspecified atom stereocenters. The van der Waals surface area contributed by atoms with Gasteiger partial charge in [-0.15, -0.1) is 0 Å². The van der Waals surface area contributed by atoms with E-state index >= 15 is 0 Å². The third-order valence-corrected chi connectivity index (χ3v) is 2.16. The second-order valence-corrected chi connectivity index (χ2v) is 2.91. The standard InChI is InChI=1S/C9H8N2O/c1-2-8-6-11-4-5-12-9(11)7-10(8)3-1/h1-5,7H,6H2. The summed E-state index contributed by atoms with van der Waals surface area (Å²) in [5, 5.41) is 0. The fourth-order valence-corrected chi connectivity index (χ4v) is 1.53. The first-order valence-corrected chi connectivity index (χ1v) is 3.91. The van der Waals surface area contributed by atoms with Crippen LogP contribution < -0.4 is 0 Å². The van der Waals surface area contributed by atoms with Crippen LogP contribution >= 0.6 is 0 Å². The molecule has 3 heteroatoms.